The largest absolute Gasteiger partial charge is 0.462 e. The van der Waals surface area contributed by atoms with E-state index in [4.69, 9.17) is 4.74 Å². The van der Waals surface area contributed by atoms with Crippen LogP contribution in [0.5, 0.6) is 0 Å². The molecule has 2 amide bonds. The number of fused-ring (bicyclic) bond motifs is 1. The number of nitrogens with one attached hydrogen (secondary N) is 2. The number of thiophene rings is 1. The summed E-state index contributed by atoms with van der Waals surface area (Å²) >= 11 is 2.82. The zero-order valence-corrected chi connectivity index (χ0v) is 25.3. The molecule has 0 radical (unpaired) electrons. The topological polar surface area (TPSA) is 87.7 Å². The maximum atomic E-state index is 13.1. The number of anilines is 2. The van der Waals surface area contributed by atoms with Gasteiger partial charge in [0.25, 0.3) is 5.91 Å². The molecule has 2 heterocycles. The Morgan fingerprint density at radius 2 is 1.79 bits per heavy atom. The highest BCUT2D eigenvalue weighted by atomic mass is 32.2. The number of esters is 1. The van der Waals surface area contributed by atoms with Crippen molar-refractivity contribution in [1.82, 2.24) is 4.90 Å². The summed E-state index contributed by atoms with van der Waals surface area (Å²) in [6.45, 7) is 6.36. The first kappa shape index (κ1) is 29.6. The van der Waals surface area contributed by atoms with Crippen LogP contribution in [0.3, 0.4) is 0 Å². The van der Waals surface area contributed by atoms with Gasteiger partial charge in [-0.05, 0) is 61.7 Å². The predicted octanol–water partition coefficient (Wildman–Crippen LogP) is 6.77. The van der Waals surface area contributed by atoms with Crippen molar-refractivity contribution in [3.8, 4) is 0 Å². The van der Waals surface area contributed by atoms with Crippen LogP contribution < -0.4 is 10.6 Å². The molecule has 1 aliphatic rings. The Kier molecular flexibility index (Phi) is 9.74. The molecule has 216 valence electrons. The van der Waals surface area contributed by atoms with E-state index in [9.17, 15) is 14.4 Å². The molecule has 2 N–H and O–H groups in total. The van der Waals surface area contributed by atoms with Gasteiger partial charge in [-0.25, -0.2) is 4.79 Å². The monoisotopic (exact) mass is 599 g/mol. The van der Waals surface area contributed by atoms with Gasteiger partial charge in [0, 0.05) is 40.7 Å². The molecule has 0 atom stereocenters. The van der Waals surface area contributed by atoms with Crippen molar-refractivity contribution < 1.29 is 19.1 Å². The van der Waals surface area contributed by atoms with Crippen LogP contribution in [0.4, 0.5) is 10.7 Å². The Labute approximate surface area is 254 Å². The van der Waals surface area contributed by atoms with Crippen LogP contribution in [0, 0.1) is 6.92 Å². The van der Waals surface area contributed by atoms with E-state index in [1.807, 2.05) is 67.6 Å². The molecular weight excluding hydrogens is 567 g/mol. The number of nitrogens with zero attached hydrogens (tertiary/aromatic N) is 1. The van der Waals surface area contributed by atoms with Crippen molar-refractivity contribution in [1.29, 1.82) is 0 Å². The molecule has 4 aromatic rings. The smallest absolute Gasteiger partial charge is 0.341 e. The van der Waals surface area contributed by atoms with Gasteiger partial charge in [0.2, 0.25) is 5.91 Å². The number of ether oxygens (including phenoxy) is 1. The summed E-state index contributed by atoms with van der Waals surface area (Å²) in [4.78, 5) is 43.0. The van der Waals surface area contributed by atoms with E-state index >= 15 is 0 Å². The third-order valence-corrected chi connectivity index (χ3v) is 8.99. The van der Waals surface area contributed by atoms with Crippen LogP contribution in [-0.4, -0.2) is 41.6 Å². The lowest BCUT2D eigenvalue weighted by atomic mass is 10.0. The fourth-order valence-corrected chi connectivity index (χ4v) is 6.95. The minimum atomic E-state index is -0.397. The molecule has 5 rings (SSSR count). The summed E-state index contributed by atoms with van der Waals surface area (Å²) in [7, 11) is 0. The number of hydrogen-bond donors (Lipinski definition) is 2. The van der Waals surface area contributed by atoms with Gasteiger partial charge in [-0.15, -0.1) is 23.1 Å². The summed E-state index contributed by atoms with van der Waals surface area (Å²) in [5.41, 5.74) is 4.96. The summed E-state index contributed by atoms with van der Waals surface area (Å²) in [5, 5.41) is 6.46. The van der Waals surface area contributed by atoms with Crippen LogP contribution in [0.25, 0.3) is 0 Å². The first-order valence-electron chi connectivity index (χ1n) is 13.9. The average Bonchev–Trinajstić information content (AvgIpc) is 3.34. The van der Waals surface area contributed by atoms with Crippen molar-refractivity contribution in [3.63, 3.8) is 0 Å². The van der Waals surface area contributed by atoms with E-state index in [1.54, 1.807) is 13.0 Å². The lowest BCUT2D eigenvalue weighted by Gasteiger charge is -2.27. The number of aryl methyl sites for hydroxylation is 1. The molecule has 0 saturated heterocycles. The van der Waals surface area contributed by atoms with Gasteiger partial charge in [0.1, 0.15) is 5.00 Å². The number of carbonyl (C=O) groups excluding carboxylic acids is 3. The minimum absolute atomic E-state index is 0.153. The normalized spacial score (nSPS) is 12.8. The number of amides is 2. The van der Waals surface area contributed by atoms with Crippen molar-refractivity contribution in [2.24, 2.45) is 0 Å². The SMILES string of the molecule is CCOC(=O)c1c(NC(=O)CSc2cccc(NC(=O)c3cccc(C)c3)c2)sc2c1CCN(Cc1ccccc1)C2. The number of rotatable bonds is 10. The van der Waals surface area contributed by atoms with E-state index in [-0.39, 0.29) is 24.2 Å². The van der Waals surface area contributed by atoms with E-state index < -0.39 is 5.97 Å². The van der Waals surface area contributed by atoms with Crippen LogP contribution >= 0.6 is 23.1 Å². The number of thioether (sulfide) groups is 1. The van der Waals surface area contributed by atoms with Gasteiger partial charge < -0.3 is 15.4 Å². The standard InChI is InChI=1S/C33H33N3O4S2/c1-3-40-33(39)30-27-15-16-36(19-23-10-5-4-6-11-23)20-28(27)42-32(30)35-29(37)21-41-26-14-8-13-25(18-26)34-31(38)24-12-7-9-22(2)17-24/h4-14,17-18H,3,15-16,19-21H2,1-2H3,(H,34,38)(H,35,37). The quantitative estimate of drug-likeness (QED) is 0.154. The van der Waals surface area contributed by atoms with Gasteiger partial charge in [0.15, 0.2) is 0 Å². The van der Waals surface area contributed by atoms with E-state index in [2.05, 4.69) is 27.7 Å². The lowest BCUT2D eigenvalue weighted by Crippen LogP contribution is -2.30. The third-order valence-electron chi connectivity index (χ3n) is 6.86. The first-order chi connectivity index (χ1) is 20.4. The molecule has 0 bridgehead atoms. The molecule has 7 nitrogen and oxygen atoms in total. The van der Waals surface area contributed by atoms with Crippen molar-refractivity contribution in [2.75, 3.05) is 29.5 Å². The Morgan fingerprint density at radius 3 is 2.57 bits per heavy atom. The van der Waals surface area contributed by atoms with Gasteiger partial charge >= 0.3 is 5.97 Å². The molecule has 0 spiro atoms. The predicted molar refractivity (Wildman–Crippen MR) is 169 cm³/mol. The molecule has 42 heavy (non-hydrogen) atoms. The number of carbonyl (C=O) groups is 3. The fourth-order valence-electron chi connectivity index (χ4n) is 4.91. The molecule has 1 aromatic heterocycles. The van der Waals surface area contributed by atoms with Gasteiger partial charge in [-0.2, -0.15) is 0 Å². The molecule has 0 saturated carbocycles. The van der Waals surface area contributed by atoms with Crippen LogP contribution in [0.15, 0.2) is 83.8 Å². The zero-order valence-electron chi connectivity index (χ0n) is 23.6. The van der Waals surface area contributed by atoms with E-state index in [0.29, 0.717) is 28.4 Å². The maximum absolute atomic E-state index is 13.1. The first-order valence-corrected chi connectivity index (χ1v) is 15.7. The molecule has 1 aliphatic heterocycles. The number of benzene rings is 3. The van der Waals surface area contributed by atoms with Crippen LogP contribution in [-0.2, 0) is 29.0 Å². The Balaban J connectivity index is 1.23. The van der Waals surface area contributed by atoms with Crippen LogP contribution in [0.2, 0.25) is 0 Å². The van der Waals surface area contributed by atoms with Crippen molar-refractivity contribution >= 4 is 51.6 Å². The molecule has 0 aliphatic carbocycles. The van der Waals surface area contributed by atoms with Crippen LogP contribution in [0.1, 0.15) is 49.2 Å². The maximum Gasteiger partial charge on any atom is 0.341 e. The Bertz CT molecular complexity index is 1590. The summed E-state index contributed by atoms with van der Waals surface area (Å²) in [6.07, 6.45) is 0.721. The molecule has 9 heteroatoms. The molecule has 0 fully saturated rings. The highest BCUT2D eigenvalue weighted by molar-refractivity contribution is 8.00. The minimum Gasteiger partial charge on any atom is -0.462 e. The Hall–Kier alpha value is -3.92. The summed E-state index contributed by atoms with van der Waals surface area (Å²) < 4.78 is 5.37. The zero-order chi connectivity index (χ0) is 29.5. The highest BCUT2D eigenvalue weighted by Crippen LogP contribution is 2.38. The fraction of sp³-hybridized carbons (Fsp3) is 0.242. The Morgan fingerprint density at radius 1 is 0.976 bits per heavy atom. The highest BCUT2D eigenvalue weighted by Gasteiger charge is 2.29. The third kappa shape index (κ3) is 7.47. The second-order valence-corrected chi connectivity index (χ2v) is 12.2. The van der Waals surface area contributed by atoms with Crippen molar-refractivity contribution in [2.45, 2.75) is 38.3 Å². The molecular formula is C33H33N3O4S2. The second-order valence-electron chi connectivity index (χ2n) is 10.1. The molecule has 0 unspecified atom stereocenters. The average molecular weight is 600 g/mol. The summed E-state index contributed by atoms with van der Waals surface area (Å²) in [5.74, 6) is -0.639. The second kappa shape index (κ2) is 13.8. The molecule has 3 aromatic carbocycles. The van der Waals surface area contributed by atoms with Gasteiger partial charge in [-0.1, -0.05) is 54.1 Å². The van der Waals surface area contributed by atoms with Gasteiger partial charge in [-0.3, -0.25) is 14.5 Å². The van der Waals surface area contributed by atoms with E-state index in [0.717, 1.165) is 40.4 Å². The number of hydrogen-bond acceptors (Lipinski definition) is 7. The van der Waals surface area contributed by atoms with Gasteiger partial charge in [0.05, 0.1) is 17.9 Å². The lowest BCUT2D eigenvalue weighted by molar-refractivity contribution is -0.113. The van der Waals surface area contributed by atoms with E-state index in [1.165, 1.54) is 28.7 Å². The van der Waals surface area contributed by atoms with Crippen molar-refractivity contribution in [3.05, 3.63) is 112 Å². The summed E-state index contributed by atoms with van der Waals surface area (Å²) in [6, 6.07) is 25.2.